The number of halogens is 2. The van der Waals surface area contributed by atoms with Gasteiger partial charge in [-0.05, 0) is 43.9 Å². The van der Waals surface area contributed by atoms with E-state index in [0.717, 1.165) is 18.4 Å². The lowest BCUT2D eigenvalue weighted by Gasteiger charge is -2.34. The number of rotatable bonds is 4. The second kappa shape index (κ2) is 5.74. The summed E-state index contributed by atoms with van der Waals surface area (Å²) in [6, 6.07) is 5.43. The van der Waals surface area contributed by atoms with Gasteiger partial charge in [0.05, 0.1) is 0 Å². The van der Waals surface area contributed by atoms with E-state index in [0.29, 0.717) is 29.4 Å². The summed E-state index contributed by atoms with van der Waals surface area (Å²) >= 11 is 12.0. The topological polar surface area (TPSA) is 49.4 Å². The van der Waals surface area contributed by atoms with Crippen LogP contribution in [0.25, 0.3) is 0 Å². The second-order valence-corrected chi connectivity index (χ2v) is 7.03. The maximum absolute atomic E-state index is 12.6. The number of carbonyl (C=O) groups is 2. The molecular weight excluding hydrogens is 323 g/mol. The Morgan fingerprint density at radius 1 is 1.41 bits per heavy atom. The fraction of sp³-hybridized carbons (Fsp3) is 0.500. The Labute approximate surface area is 139 Å². The lowest BCUT2D eigenvalue weighted by Crippen LogP contribution is -2.55. The molecule has 4 nitrogen and oxygen atoms in total. The predicted octanol–water partition coefficient (Wildman–Crippen LogP) is 3.15. The first-order valence-electron chi connectivity index (χ1n) is 7.46. The zero-order chi connectivity index (χ0) is 15.9. The predicted molar refractivity (Wildman–Crippen MR) is 85.8 cm³/mol. The second-order valence-electron chi connectivity index (χ2n) is 6.19. The lowest BCUT2D eigenvalue weighted by molar-refractivity contribution is -0.141. The molecule has 0 bridgehead atoms. The third-order valence-electron chi connectivity index (χ3n) is 4.48. The van der Waals surface area contributed by atoms with Gasteiger partial charge in [-0.3, -0.25) is 9.59 Å². The molecule has 1 aliphatic heterocycles. The zero-order valence-corrected chi connectivity index (χ0v) is 13.9. The third-order valence-corrected chi connectivity index (χ3v) is 5.07. The van der Waals surface area contributed by atoms with Gasteiger partial charge in [0.25, 0.3) is 0 Å². The van der Waals surface area contributed by atoms with Crippen molar-refractivity contribution in [2.75, 3.05) is 0 Å². The van der Waals surface area contributed by atoms with E-state index in [1.54, 1.807) is 23.1 Å². The summed E-state index contributed by atoms with van der Waals surface area (Å²) in [5.41, 5.74) is 0.0715. The molecule has 22 heavy (non-hydrogen) atoms. The molecule has 0 radical (unpaired) electrons. The van der Waals surface area contributed by atoms with Gasteiger partial charge in [0.2, 0.25) is 11.8 Å². The highest BCUT2D eigenvalue weighted by Crippen LogP contribution is 2.40. The van der Waals surface area contributed by atoms with Crippen LogP contribution in [-0.4, -0.2) is 28.3 Å². The van der Waals surface area contributed by atoms with Crippen LogP contribution >= 0.6 is 23.2 Å². The number of benzene rings is 1. The van der Waals surface area contributed by atoms with Crippen LogP contribution in [0.4, 0.5) is 0 Å². The molecule has 1 aromatic rings. The van der Waals surface area contributed by atoms with Gasteiger partial charge in [-0.1, -0.05) is 29.3 Å². The van der Waals surface area contributed by atoms with Crippen LogP contribution in [0.15, 0.2) is 18.2 Å². The molecule has 0 unspecified atom stereocenters. The minimum absolute atomic E-state index is 0.0877. The van der Waals surface area contributed by atoms with Crippen molar-refractivity contribution in [3.8, 4) is 0 Å². The normalized spacial score (nSPS) is 24.7. The van der Waals surface area contributed by atoms with Crippen LogP contribution < -0.4 is 5.32 Å². The minimum Gasteiger partial charge on any atom is -0.350 e. The quantitative estimate of drug-likeness (QED) is 0.915. The van der Waals surface area contributed by atoms with Gasteiger partial charge in [0.1, 0.15) is 5.54 Å². The number of likely N-dealkylation sites (tertiary alicyclic amines) is 1. The van der Waals surface area contributed by atoms with Crippen LogP contribution in [-0.2, 0) is 16.1 Å². The number of carbonyl (C=O) groups excluding carboxylic acids is 2. The standard InChI is InChI=1S/C16H18Cl2N2O2/c1-16(7-6-14(21)20(16)12-4-5-12)15(22)19-9-10-2-3-11(17)8-13(10)18/h2-3,8,12H,4-7,9H2,1H3,(H,19,22)/t16-/m0/s1. The van der Waals surface area contributed by atoms with E-state index in [1.807, 2.05) is 6.92 Å². The van der Waals surface area contributed by atoms with Crippen LogP contribution in [0.5, 0.6) is 0 Å². The maximum Gasteiger partial charge on any atom is 0.245 e. The SMILES string of the molecule is C[C@@]1(C(=O)NCc2ccc(Cl)cc2Cl)CCC(=O)N1C1CC1. The number of hydrogen-bond donors (Lipinski definition) is 1. The molecular formula is C16H18Cl2N2O2. The third kappa shape index (κ3) is 2.82. The number of hydrogen-bond acceptors (Lipinski definition) is 2. The van der Waals surface area contributed by atoms with Crippen molar-refractivity contribution in [3.63, 3.8) is 0 Å². The molecule has 3 rings (SSSR count). The summed E-state index contributed by atoms with van der Waals surface area (Å²) in [5.74, 6) is -0.0269. The van der Waals surface area contributed by atoms with Crippen molar-refractivity contribution in [2.24, 2.45) is 0 Å². The Morgan fingerprint density at radius 2 is 2.14 bits per heavy atom. The van der Waals surface area contributed by atoms with Crippen molar-refractivity contribution < 1.29 is 9.59 Å². The van der Waals surface area contributed by atoms with Crippen molar-refractivity contribution in [2.45, 2.75) is 50.7 Å². The Kier molecular flexibility index (Phi) is 4.08. The molecule has 1 N–H and O–H groups in total. The van der Waals surface area contributed by atoms with Crippen LogP contribution in [0.2, 0.25) is 10.0 Å². The monoisotopic (exact) mass is 340 g/mol. The number of nitrogens with one attached hydrogen (secondary N) is 1. The first kappa shape index (κ1) is 15.6. The minimum atomic E-state index is -0.739. The van der Waals surface area contributed by atoms with Gasteiger partial charge in [-0.25, -0.2) is 0 Å². The Morgan fingerprint density at radius 3 is 2.77 bits per heavy atom. The van der Waals surface area contributed by atoms with E-state index in [9.17, 15) is 9.59 Å². The molecule has 6 heteroatoms. The molecule has 118 valence electrons. The first-order valence-corrected chi connectivity index (χ1v) is 8.22. The Hall–Kier alpha value is -1.26. The van der Waals surface area contributed by atoms with E-state index in [1.165, 1.54) is 0 Å². The van der Waals surface area contributed by atoms with Gasteiger partial charge in [0.15, 0.2) is 0 Å². The van der Waals surface area contributed by atoms with Crippen molar-refractivity contribution in [1.29, 1.82) is 0 Å². The number of nitrogens with zero attached hydrogens (tertiary/aromatic N) is 1. The summed E-state index contributed by atoms with van der Waals surface area (Å²) < 4.78 is 0. The smallest absolute Gasteiger partial charge is 0.245 e. The molecule has 1 saturated heterocycles. The fourth-order valence-corrected chi connectivity index (χ4v) is 3.54. The van der Waals surface area contributed by atoms with Crippen molar-refractivity contribution >= 4 is 35.0 Å². The largest absolute Gasteiger partial charge is 0.350 e. The molecule has 1 saturated carbocycles. The van der Waals surface area contributed by atoms with Crippen LogP contribution in [0.3, 0.4) is 0 Å². The number of amides is 2. The molecule has 1 heterocycles. The molecule has 2 amide bonds. The summed E-state index contributed by atoms with van der Waals surface area (Å²) in [7, 11) is 0. The van der Waals surface area contributed by atoms with Gasteiger partial charge in [-0.15, -0.1) is 0 Å². The molecule has 0 spiro atoms. The highest BCUT2D eigenvalue weighted by atomic mass is 35.5. The average molecular weight is 341 g/mol. The van der Waals surface area contributed by atoms with E-state index in [4.69, 9.17) is 23.2 Å². The molecule has 1 aromatic carbocycles. The van der Waals surface area contributed by atoms with E-state index in [2.05, 4.69) is 5.32 Å². The molecule has 0 aromatic heterocycles. The summed E-state index contributed by atoms with van der Waals surface area (Å²) in [6.07, 6.45) is 3.01. The Balaban J connectivity index is 1.69. The summed E-state index contributed by atoms with van der Waals surface area (Å²) in [5, 5.41) is 4.01. The van der Waals surface area contributed by atoms with E-state index in [-0.39, 0.29) is 17.9 Å². The maximum atomic E-state index is 12.6. The zero-order valence-electron chi connectivity index (χ0n) is 12.4. The fourth-order valence-electron chi connectivity index (χ4n) is 3.06. The molecule has 1 aliphatic carbocycles. The van der Waals surface area contributed by atoms with Gasteiger partial charge in [-0.2, -0.15) is 0 Å². The van der Waals surface area contributed by atoms with E-state index < -0.39 is 5.54 Å². The molecule has 1 atom stereocenters. The average Bonchev–Trinajstić information content (AvgIpc) is 3.24. The summed E-state index contributed by atoms with van der Waals surface area (Å²) in [6.45, 7) is 2.19. The van der Waals surface area contributed by atoms with E-state index >= 15 is 0 Å². The highest BCUT2D eigenvalue weighted by Gasteiger charge is 2.52. The van der Waals surface area contributed by atoms with Crippen molar-refractivity contribution in [3.05, 3.63) is 33.8 Å². The van der Waals surface area contributed by atoms with Gasteiger partial charge < -0.3 is 10.2 Å². The van der Waals surface area contributed by atoms with Crippen molar-refractivity contribution in [1.82, 2.24) is 10.2 Å². The van der Waals surface area contributed by atoms with Gasteiger partial charge in [0, 0.05) is 29.1 Å². The molecule has 2 aliphatic rings. The summed E-state index contributed by atoms with van der Waals surface area (Å²) in [4.78, 5) is 26.5. The molecule has 2 fully saturated rings. The van der Waals surface area contributed by atoms with Crippen LogP contribution in [0.1, 0.15) is 38.2 Å². The Bertz CT molecular complexity index is 631. The first-order chi connectivity index (χ1) is 10.4. The van der Waals surface area contributed by atoms with Crippen LogP contribution in [0, 0.1) is 0 Å². The lowest BCUT2D eigenvalue weighted by atomic mass is 9.97. The highest BCUT2D eigenvalue weighted by molar-refractivity contribution is 6.35. The van der Waals surface area contributed by atoms with Gasteiger partial charge >= 0.3 is 0 Å².